The molecule has 0 unspecified atom stereocenters. The van der Waals surface area contributed by atoms with Crippen molar-refractivity contribution in [2.45, 2.75) is 18.5 Å². The Kier molecular flexibility index (Phi) is 5.20. The molecular formula is C14H15ClFN3S. The Labute approximate surface area is 127 Å². The third-order valence-electron chi connectivity index (χ3n) is 2.86. The molecule has 0 aliphatic rings. The third-order valence-corrected chi connectivity index (χ3v) is 3.60. The van der Waals surface area contributed by atoms with Gasteiger partial charge in [-0.25, -0.2) is 14.4 Å². The summed E-state index contributed by atoms with van der Waals surface area (Å²) in [6.45, 7) is 2.61. The van der Waals surface area contributed by atoms with Crippen molar-refractivity contribution in [3.63, 3.8) is 0 Å². The zero-order valence-electron chi connectivity index (χ0n) is 11.3. The average Bonchev–Trinajstić information content (AvgIpc) is 2.40. The number of nitrogens with one attached hydrogen (secondary N) is 1. The van der Waals surface area contributed by atoms with Gasteiger partial charge in [0.1, 0.15) is 16.8 Å². The minimum atomic E-state index is -0.202. The first-order valence-corrected chi connectivity index (χ1v) is 7.76. The number of aryl methyl sites for hydroxylation is 1. The maximum absolute atomic E-state index is 13.0. The number of nitrogens with zero attached hydrogens (tertiary/aromatic N) is 2. The molecule has 0 amide bonds. The molecule has 0 bridgehead atoms. The molecule has 0 saturated heterocycles. The first-order chi connectivity index (χ1) is 9.58. The topological polar surface area (TPSA) is 37.8 Å². The van der Waals surface area contributed by atoms with E-state index in [4.69, 9.17) is 11.6 Å². The highest BCUT2D eigenvalue weighted by Gasteiger charge is 2.03. The van der Waals surface area contributed by atoms with Crippen LogP contribution in [0.15, 0.2) is 29.4 Å². The van der Waals surface area contributed by atoms with Crippen LogP contribution in [0.3, 0.4) is 0 Å². The lowest BCUT2D eigenvalue weighted by atomic mass is 10.1. The van der Waals surface area contributed by atoms with Crippen LogP contribution in [0.1, 0.15) is 11.1 Å². The summed E-state index contributed by atoms with van der Waals surface area (Å²) in [5.41, 5.74) is 2.07. The van der Waals surface area contributed by atoms with Crippen molar-refractivity contribution in [2.24, 2.45) is 0 Å². The number of rotatable bonds is 5. The van der Waals surface area contributed by atoms with E-state index in [-0.39, 0.29) is 5.82 Å². The first-order valence-electron chi connectivity index (χ1n) is 6.16. The molecule has 1 aromatic carbocycles. The van der Waals surface area contributed by atoms with Gasteiger partial charge in [-0.05, 0) is 42.9 Å². The summed E-state index contributed by atoms with van der Waals surface area (Å²) in [5.74, 6) is 0.500. The molecule has 0 aliphatic carbocycles. The molecular weight excluding hydrogens is 297 g/mol. The van der Waals surface area contributed by atoms with E-state index in [2.05, 4.69) is 15.3 Å². The van der Waals surface area contributed by atoms with E-state index in [1.54, 1.807) is 12.1 Å². The lowest BCUT2D eigenvalue weighted by molar-refractivity contribution is 0.625. The molecule has 1 aromatic heterocycles. The van der Waals surface area contributed by atoms with E-state index in [0.29, 0.717) is 22.7 Å². The van der Waals surface area contributed by atoms with Crippen molar-refractivity contribution in [1.29, 1.82) is 0 Å². The van der Waals surface area contributed by atoms with Gasteiger partial charge in [0.05, 0.1) is 0 Å². The maximum Gasteiger partial charge on any atom is 0.190 e. The number of hydrogen-bond acceptors (Lipinski definition) is 4. The Morgan fingerprint density at radius 1 is 1.30 bits per heavy atom. The van der Waals surface area contributed by atoms with Crippen LogP contribution >= 0.6 is 23.4 Å². The predicted molar refractivity (Wildman–Crippen MR) is 82.2 cm³/mol. The van der Waals surface area contributed by atoms with Crippen molar-refractivity contribution >= 4 is 29.2 Å². The standard InChI is InChI=1S/C14H15ClFN3S/c1-9-7-11(16)4-3-10(9)5-6-17-13-8-12(15)18-14(19-13)20-2/h3-4,7-8H,5-6H2,1-2H3,(H,17,18,19). The SMILES string of the molecule is CSc1nc(Cl)cc(NCCc2ccc(F)cc2C)n1. The fourth-order valence-electron chi connectivity index (χ4n) is 1.84. The fourth-order valence-corrected chi connectivity index (χ4v) is 2.46. The second kappa shape index (κ2) is 6.90. The van der Waals surface area contributed by atoms with Crippen molar-refractivity contribution < 1.29 is 4.39 Å². The zero-order chi connectivity index (χ0) is 14.5. The highest BCUT2D eigenvalue weighted by atomic mass is 35.5. The third kappa shape index (κ3) is 4.08. The molecule has 0 saturated carbocycles. The van der Waals surface area contributed by atoms with Crippen molar-refractivity contribution in [3.05, 3.63) is 46.4 Å². The van der Waals surface area contributed by atoms with E-state index >= 15 is 0 Å². The van der Waals surface area contributed by atoms with Crippen LogP contribution in [-0.4, -0.2) is 22.8 Å². The van der Waals surface area contributed by atoms with Crippen LogP contribution in [0.25, 0.3) is 0 Å². The quantitative estimate of drug-likeness (QED) is 0.515. The second-order valence-electron chi connectivity index (χ2n) is 4.31. The van der Waals surface area contributed by atoms with Gasteiger partial charge in [0.15, 0.2) is 5.16 Å². The van der Waals surface area contributed by atoms with E-state index in [1.165, 1.54) is 17.8 Å². The molecule has 1 heterocycles. The predicted octanol–water partition coefficient (Wildman–Crippen LogP) is 3.95. The summed E-state index contributed by atoms with van der Waals surface area (Å²) in [5, 5.41) is 4.27. The molecule has 6 heteroatoms. The summed E-state index contributed by atoms with van der Waals surface area (Å²) in [6.07, 6.45) is 2.69. The Morgan fingerprint density at radius 2 is 2.10 bits per heavy atom. The zero-order valence-corrected chi connectivity index (χ0v) is 12.9. The lowest BCUT2D eigenvalue weighted by Crippen LogP contribution is -2.08. The minimum Gasteiger partial charge on any atom is -0.370 e. The smallest absolute Gasteiger partial charge is 0.190 e. The van der Waals surface area contributed by atoms with Gasteiger partial charge in [0, 0.05) is 12.6 Å². The molecule has 2 rings (SSSR count). The van der Waals surface area contributed by atoms with E-state index in [9.17, 15) is 4.39 Å². The van der Waals surface area contributed by atoms with Gasteiger partial charge in [-0.2, -0.15) is 0 Å². The van der Waals surface area contributed by atoms with Crippen LogP contribution in [0.4, 0.5) is 10.2 Å². The van der Waals surface area contributed by atoms with Crippen LogP contribution in [0, 0.1) is 12.7 Å². The Morgan fingerprint density at radius 3 is 2.80 bits per heavy atom. The number of benzene rings is 1. The molecule has 0 fully saturated rings. The molecule has 0 spiro atoms. The van der Waals surface area contributed by atoms with Crippen molar-refractivity contribution in [1.82, 2.24) is 9.97 Å². The highest BCUT2D eigenvalue weighted by molar-refractivity contribution is 7.98. The van der Waals surface area contributed by atoms with Crippen molar-refractivity contribution in [3.8, 4) is 0 Å². The molecule has 1 N–H and O–H groups in total. The largest absolute Gasteiger partial charge is 0.370 e. The summed E-state index contributed by atoms with van der Waals surface area (Å²) in [4.78, 5) is 8.39. The number of anilines is 1. The van der Waals surface area contributed by atoms with Crippen molar-refractivity contribution in [2.75, 3.05) is 18.1 Å². The summed E-state index contributed by atoms with van der Waals surface area (Å²) >= 11 is 7.36. The van der Waals surface area contributed by atoms with Crippen LogP contribution in [0.5, 0.6) is 0 Å². The van der Waals surface area contributed by atoms with Gasteiger partial charge in [-0.1, -0.05) is 29.4 Å². The average molecular weight is 312 g/mol. The molecule has 0 atom stereocenters. The van der Waals surface area contributed by atoms with Crippen LogP contribution < -0.4 is 5.32 Å². The maximum atomic E-state index is 13.0. The molecule has 2 aromatic rings. The van der Waals surface area contributed by atoms with E-state index < -0.39 is 0 Å². The first kappa shape index (κ1) is 15.1. The summed E-state index contributed by atoms with van der Waals surface area (Å²) in [6, 6.07) is 6.53. The highest BCUT2D eigenvalue weighted by Crippen LogP contribution is 2.17. The van der Waals surface area contributed by atoms with Gasteiger partial charge in [0.25, 0.3) is 0 Å². The normalized spacial score (nSPS) is 10.6. The lowest BCUT2D eigenvalue weighted by Gasteiger charge is -2.09. The fraction of sp³-hybridized carbons (Fsp3) is 0.286. The van der Waals surface area contributed by atoms with E-state index in [0.717, 1.165) is 17.5 Å². The van der Waals surface area contributed by atoms with Gasteiger partial charge in [-0.3, -0.25) is 0 Å². The van der Waals surface area contributed by atoms with Gasteiger partial charge < -0.3 is 5.32 Å². The number of thioether (sulfide) groups is 1. The number of halogens is 2. The molecule has 20 heavy (non-hydrogen) atoms. The molecule has 0 radical (unpaired) electrons. The molecule has 3 nitrogen and oxygen atoms in total. The van der Waals surface area contributed by atoms with Crippen LogP contribution in [0.2, 0.25) is 5.15 Å². The van der Waals surface area contributed by atoms with Gasteiger partial charge in [-0.15, -0.1) is 0 Å². The molecule has 0 aliphatic heterocycles. The monoisotopic (exact) mass is 311 g/mol. The van der Waals surface area contributed by atoms with Gasteiger partial charge >= 0.3 is 0 Å². The second-order valence-corrected chi connectivity index (χ2v) is 5.47. The Bertz CT molecular complexity index is 607. The Hall–Kier alpha value is -1.33. The summed E-state index contributed by atoms with van der Waals surface area (Å²) in [7, 11) is 0. The minimum absolute atomic E-state index is 0.202. The number of aromatic nitrogens is 2. The van der Waals surface area contributed by atoms with E-state index in [1.807, 2.05) is 19.2 Å². The number of hydrogen-bond donors (Lipinski definition) is 1. The summed E-state index contributed by atoms with van der Waals surface area (Å²) < 4.78 is 13.0. The van der Waals surface area contributed by atoms with Gasteiger partial charge in [0.2, 0.25) is 0 Å². The van der Waals surface area contributed by atoms with Crippen LogP contribution in [-0.2, 0) is 6.42 Å². The molecule has 106 valence electrons. The Balaban J connectivity index is 1.97.